The molecule has 2 nitrogen and oxygen atoms in total. The summed E-state index contributed by atoms with van der Waals surface area (Å²) in [6, 6.07) is 11.2. The lowest BCUT2D eigenvalue weighted by molar-refractivity contribution is 0.435. The Bertz CT molecular complexity index is 612. The molecule has 1 heterocycles. The molecule has 3 heteroatoms. The van der Waals surface area contributed by atoms with Crippen LogP contribution in [-0.2, 0) is 6.42 Å². The molecule has 110 valence electrons. The van der Waals surface area contributed by atoms with Gasteiger partial charge in [0.25, 0.3) is 0 Å². The van der Waals surface area contributed by atoms with Crippen molar-refractivity contribution in [3.05, 3.63) is 65.2 Å². The fraction of sp³-hybridized carbons (Fsp3) is 0.389. The quantitative estimate of drug-likeness (QED) is 0.898. The minimum atomic E-state index is -0.171. The first-order chi connectivity index (χ1) is 10.3. The first kappa shape index (κ1) is 14.2. The van der Waals surface area contributed by atoms with Crippen molar-refractivity contribution in [1.82, 2.24) is 10.3 Å². The third-order valence-corrected chi connectivity index (χ3v) is 4.23. The Morgan fingerprint density at radius 1 is 1.33 bits per heavy atom. The van der Waals surface area contributed by atoms with Gasteiger partial charge >= 0.3 is 0 Å². The van der Waals surface area contributed by atoms with E-state index < -0.39 is 0 Å². The molecule has 0 saturated carbocycles. The van der Waals surface area contributed by atoms with Gasteiger partial charge in [0.05, 0.1) is 0 Å². The predicted molar refractivity (Wildman–Crippen MR) is 82.7 cm³/mol. The van der Waals surface area contributed by atoms with Gasteiger partial charge < -0.3 is 5.32 Å². The van der Waals surface area contributed by atoms with Gasteiger partial charge in [-0.1, -0.05) is 25.1 Å². The Balaban J connectivity index is 1.93. The average molecular weight is 284 g/mol. The van der Waals surface area contributed by atoms with Crippen LogP contribution in [0.4, 0.5) is 4.39 Å². The van der Waals surface area contributed by atoms with E-state index in [0.717, 1.165) is 31.4 Å². The van der Waals surface area contributed by atoms with E-state index in [0.29, 0.717) is 5.92 Å². The maximum Gasteiger partial charge on any atom is 0.123 e. The molecule has 1 aliphatic carbocycles. The fourth-order valence-electron chi connectivity index (χ4n) is 3.26. The van der Waals surface area contributed by atoms with Crippen LogP contribution in [0.15, 0.2) is 42.6 Å². The summed E-state index contributed by atoms with van der Waals surface area (Å²) in [5, 5.41) is 3.59. The summed E-state index contributed by atoms with van der Waals surface area (Å²) in [6.07, 6.45) is 5.06. The van der Waals surface area contributed by atoms with Gasteiger partial charge in [-0.2, -0.15) is 0 Å². The maximum absolute atomic E-state index is 13.6. The van der Waals surface area contributed by atoms with Crippen LogP contribution in [0.1, 0.15) is 48.5 Å². The van der Waals surface area contributed by atoms with Crippen molar-refractivity contribution in [2.24, 2.45) is 0 Å². The molecular weight excluding hydrogens is 263 g/mol. The van der Waals surface area contributed by atoms with E-state index in [9.17, 15) is 4.39 Å². The molecule has 2 unspecified atom stereocenters. The monoisotopic (exact) mass is 284 g/mol. The molecule has 0 fully saturated rings. The number of halogens is 1. The van der Waals surface area contributed by atoms with Crippen LogP contribution in [0.2, 0.25) is 0 Å². The summed E-state index contributed by atoms with van der Waals surface area (Å²) in [7, 11) is 0. The van der Waals surface area contributed by atoms with E-state index in [1.807, 2.05) is 18.3 Å². The van der Waals surface area contributed by atoms with Crippen LogP contribution < -0.4 is 5.32 Å². The number of hydrogen-bond acceptors (Lipinski definition) is 2. The summed E-state index contributed by atoms with van der Waals surface area (Å²) in [6.45, 7) is 3.08. The number of fused-ring (bicyclic) bond motifs is 1. The average Bonchev–Trinajstić information content (AvgIpc) is 2.92. The molecule has 0 bridgehead atoms. The number of hydrogen-bond donors (Lipinski definition) is 1. The zero-order chi connectivity index (χ0) is 14.7. The fourth-order valence-corrected chi connectivity index (χ4v) is 3.26. The number of benzene rings is 1. The van der Waals surface area contributed by atoms with Crippen LogP contribution in [0.3, 0.4) is 0 Å². The molecule has 2 aromatic rings. The maximum atomic E-state index is 13.6. The lowest BCUT2D eigenvalue weighted by Crippen LogP contribution is -2.27. The molecule has 0 amide bonds. The van der Waals surface area contributed by atoms with Crippen molar-refractivity contribution >= 4 is 0 Å². The Hall–Kier alpha value is -1.74. The van der Waals surface area contributed by atoms with Crippen LogP contribution in [-0.4, -0.2) is 11.5 Å². The molecule has 0 radical (unpaired) electrons. The van der Waals surface area contributed by atoms with Gasteiger partial charge in [0.1, 0.15) is 5.82 Å². The van der Waals surface area contributed by atoms with Crippen molar-refractivity contribution in [1.29, 1.82) is 0 Å². The molecule has 1 N–H and O–H groups in total. The zero-order valence-electron chi connectivity index (χ0n) is 12.3. The number of rotatable bonds is 5. The number of nitrogens with one attached hydrogen (secondary N) is 1. The first-order valence-corrected chi connectivity index (χ1v) is 7.72. The number of pyridine rings is 1. The summed E-state index contributed by atoms with van der Waals surface area (Å²) < 4.78 is 13.6. The van der Waals surface area contributed by atoms with E-state index in [4.69, 9.17) is 0 Å². The molecule has 1 aromatic heterocycles. The Morgan fingerprint density at radius 3 is 3.05 bits per heavy atom. The molecular formula is C18H21FN2. The number of nitrogens with zero attached hydrogens (tertiary/aromatic N) is 1. The van der Waals surface area contributed by atoms with Crippen LogP contribution in [0.25, 0.3) is 0 Å². The predicted octanol–water partition coefficient (Wildman–Crippen LogP) is 3.99. The van der Waals surface area contributed by atoms with E-state index in [1.165, 1.54) is 17.3 Å². The third-order valence-electron chi connectivity index (χ3n) is 4.23. The van der Waals surface area contributed by atoms with Gasteiger partial charge in [0.15, 0.2) is 0 Å². The SMILES string of the molecule is CCCNC(c1cccc(F)c1)C1CCc2cccnc21. The van der Waals surface area contributed by atoms with Crippen LogP contribution in [0, 0.1) is 5.82 Å². The highest BCUT2D eigenvalue weighted by Crippen LogP contribution is 2.40. The Kier molecular flexibility index (Phi) is 4.30. The molecule has 3 rings (SSSR count). The Morgan fingerprint density at radius 2 is 2.24 bits per heavy atom. The summed E-state index contributed by atoms with van der Waals surface area (Å²) in [5.41, 5.74) is 3.53. The van der Waals surface area contributed by atoms with E-state index in [-0.39, 0.29) is 11.9 Å². The molecule has 0 aliphatic heterocycles. The highest BCUT2D eigenvalue weighted by Gasteiger charge is 2.31. The van der Waals surface area contributed by atoms with Crippen molar-refractivity contribution < 1.29 is 4.39 Å². The van der Waals surface area contributed by atoms with Gasteiger partial charge in [-0.15, -0.1) is 0 Å². The lowest BCUT2D eigenvalue weighted by atomic mass is 9.90. The minimum absolute atomic E-state index is 0.136. The largest absolute Gasteiger partial charge is 0.309 e. The minimum Gasteiger partial charge on any atom is -0.309 e. The third kappa shape index (κ3) is 2.98. The van der Waals surface area contributed by atoms with Gasteiger partial charge in [0, 0.05) is 23.9 Å². The topological polar surface area (TPSA) is 24.9 Å². The van der Waals surface area contributed by atoms with Crippen LogP contribution >= 0.6 is 0 Å². The van der Waals surface area contributed by atoms with Crippen molar-refractivity contribution in [3.8, 4) is 0 Å². The number of aryl methyl sites for hydroxylation is 1. The molecule has 21 heavy (non-hydrogen) atoms. The lowest BCUT2D eigenvalue weighted by Gasteiger charge is -2.25. The summed E-state index contributed by atoms with van der Waals surface area (Å²) >= 11 is 0. The Labute approximate surface area is 125 Å². The summed E-state index contributed by atoms with van der Waals surface area (Å²) in [4.78, 5) is 4.58. The number of aromatic nitrogens is 1. The second-order valence-corrected chi connectivity index (χ2v) is 5.68. The highest BCUT2D eigenvalue weighted by molar-refractivity contribution is 5.33. The normalized spacial score (nSPS) is 18.5. The summed E-state index contributed by atoms with van der Waals surface area (Å²) in [5.74, 6) is 0.157. The van der Waals surface area contributed by atoms with Crippen molar-refractivity contribution in [2.75, 3.05) is 6.54 Å². The second-order valence-electron chi connectivity index (χ2n) is 5.68. The standard InChI is InChI=1S/C18H21FN2/c1-2-10-20-18(14-5-3-7-15(19)12-14)16-9-8-13-6-4-11-21-17(13)16/h3-7,11-12,16,18,20H,2,8-10H2,1H3. The van der Waals surface area contributed by atoms with E-state index in [1.54, 1.807) is 12.1 Å². The molecule has 1 aromatic carbocycles. The molecule has 1 aliphatic rings. The van der Waals surface area contributed by atoms with E-state index in [2.05, 4.69) is 23.3 Å². The molecule has 0 spiro atoms. The molecule has 2 atom stereocenters. The highest BCUT2D eigenvalue weighted by atomic mass is 19.1. The first-order valence-electron chi connectivity index (χ1n) is 7.72. The van der Waals surface area contributed by atoms with Crippen molar-refractivity contribution in [2.45, 2.75) is 38.1 Å². The van der Waals surface area contributed by atoms with E-state index >= 15 is 0 Å². The van der Waals surface area contributed by atoms with Crippen LogP contribution in [0.5, 0.6) is 0 Å². The smallest absolute Gasteiger partial charge is 0.123 e. The van der Waals surface area contributed by atoms with Gasteiger partial charge in [-0.3, -0.25) is 4.98 Å². The van der Waals surface area contributed by atoms with Gasteiger partial charge in [0.2, 0.25) is 0 Å². The molecule has 0 saturated heterocycles. The van der Waals surface area contributed by atoms with Crippen molar-refractivity contribution in [3.63, 3.8) is 0 Å². The van der Waals surface area contributed by atoms with Gasteiger partial charge in [-0.05, 0) is 55.1 Å². The van der Waals surface area contributed by atoms with Gasteiger partial charge in [-0.25, -0.2) is 4.39 Å². The zero-order valence-corrected chi connectivity index (χ0v) is 12.3. The second kappa shape index (κ2) is 6.35.